The van der Waals surface area contributed by atoms with Gasteiger partial charge in [0.2, 0.25) is 0 Å². The van der Waals surface area contributed by atoms with Crippen molar-refractivity contribution >= 4 is 34.7 Å². The number of nitrogens with one attached hydrogen (secondary N) is 1. The Morgan fingerprint density at radius 3 is 2.80 bits per heavy atom. The van der Waals surface area contributed by atoms with Gasteiger partial charge in [0.15, 0.2) is 4.34 Å². The van der Waals surface area contributed by atoms with Gasteiger partial charge in [-0.1, -0.05) is 11.8 Å². The monoisotopic (exact) mass is 309 g/mol. The SMILES string of the molecule is CNC(=O)c1ccc(Sc2nc(C)cs2)c([N+](=O)[O-])c1. The molecule has 8 heteroatoms. The van der Waals surface area contributed by atoms with E-state index in [2.05, 4.69) is 10.3 Å². The van der Waals surface area contributed by atoms with Crippen molar-refractivity contribution in [3.8, 4) is 0 Å². The highest BCUT2D eigenvalue weighted by Gasteiger charge is 2.19. The molecule has 1 N–H and O–H groups in total. The molecule has 0 radical (unpaired) electrons. The van der Waals surface area contributed by atoms with Crippen LogP contribution in [0.15, 0.2) is 32.8 Å². The average molecular weight is 309 g/mol. The molecule has 1 amide bonds. The highest BCUT2D eigenvalue weighted by Crippen LogP contribution is 2.36. The smallest absolute Gasteiger partial charge is 0.284 e. The molecular formula is C12H11N3O3S2. The highest BCUT2D eigenvalue weighted by molar-refractivity contribution is 8.01. The fourth-order valence-electron chi connectivity index (χ4n) is 1.51. The molecule has 2 rings (SSSR count). The van der Waals surface area contributed by atoms with Crippen LogP contribution in [0.1, 0.15) is 16.1 Å². The van der Waals surface area contributed by atoms with E-state index in [0.29, 0.717) is 4.90 Å². The van der Waals surface area contributed by atoms with Crippen LogP contribution in [0.5, 0.6) is 0 Å². The van der Waals surface area contributed by atoms with E-state index < -0.39 is 4.92 Å². The summed E-state index contributed by atoms with van der Waals surface area (Å²) in [5, 5.41) is 15.4. The number of nitro groups is 1. The predicted molar refractivity (Wildman–Crippen MR) is 77.5 cm³/mol. The molecule has 104 valence electrons. The zero-order valence-electron chi connectivity index (χ0n) is 10.7. The number of nitrogens with zero attached hydrogens (tertiary/aromatic N) is 2. The van der Waals surface area contributed by atoms with Gasteiger partial charge in [-0.2, -0.15) is 0 Å². The number of carbonyl (C=O) groups is 1. The van der Waals surface area contributed by atoms with Gasteiger partial charge in [0.25, 0.3) is 11.6 Å². The van der Waals surface area contributed by atoms with Crippen LogP contribution in [-0.2, 0) is 0 Å². The molecular weight excluding hydrogens is 298 g/mol. The Balaban J connectivity index is 2.37. The van der Waals surface area contributed by atoms with E-state index in [4.69, 9.17) is 0 Å². The molecule has 1 aromatic carbocycles. The topological polar surface area (TPSA) is 85.1 Å². The number of carbonyl (C=O) groups excluding carboxylic acids is 1. The molecule has 1 heterocycles. The van der Waals surface area contributed by atoms with Crippen molar-refractivity contribution < 1.29 is 9.72 Å². The molecule has 0 spiro atoms. The lowest BCUT2D eigenvalue weighted by atomic mass is 10.2. The number of rotatable bonds is 4. The molecule has 2 aromatic rings. The third kappa shape index (κ3) is 3.14. The lowest BCUT2D eigenvalue weighted by molar-refractivity contribution is -0.387. The first kappa shape index (κ1) is 14.5. The zero-order valence-corrected chi connectivity index (χ0v) is 12.4. The zero-order chi connectivity index (χ0) is 14.7. The van der Waals surface area contributed by atoms with Crippen LogP contribution in [0.3, 0.4) is 0 Å². The molecule has 0 atom stereocenters. The normalized spacial score (nSPS) is 10.3. The number of amides is 1. The van der Waals surface area contributed by atoms with E-state index in [9.17, 15) is 14.9 Å². The van der Waals surface area contributed by atoms with Gasteiger partial charge in [-0.25, -0.2) is 4.98 Å². The first-order chi connectivity index (χ1) is 9.51. The van der Waals surface area contributed by atoms with Crippen molar-refractivity contribution in [2.75, 3.05) is 7.05 Å². The van der Waals surface area contributed by atoms with E-state index in [1.54, 1.807) is 12.1 Å². The van der Waals surface area contributed by atoms with Crippen LogP contribution in [0.4, 0.5) is 5.69 Å². The Bertz CT molecular complexity index is 670. The second-order valence-corrected chi connectivity index (χ2v) is 6.02. The summed E-state index contributed by atoms with van der Waals surface area (Å²) in [6, 6.07) is 4.42. The van der Waals surface area contributed by atoms with Gasteiger partial charge in [-0.3, -0.25) is 14.9 Å². The maximum atomic E-state index is 11.5. The minimum absolute atomic E-state index is 0.0936. The van der Waals surface area contributed by atoms with Crippen molar-refractivity contribution in [1.82, 2.24) is 10.3 Å². The summed E-state index contributed by atoms with van der Waals surface area (Å²) < 4.78 is 0.735. The second kappa shape index (κ2) is 6.02. The van der Waals surface area contributed by atoms with Crippen molar-refractivity contribution in [2.45, 2.75) is 16.2 Å². The molecule has 0 saturated heterocycles. The van der Waals surface area contributed by atoms with Crippen molar-refractivity contribution in [3.63, 3.8) is 0 Å². The summed E-state index contributed by atoms with van der Waals surface area (Å²) in [5.74, 6) is -0.352. The Labute approximate surface area is 123 Å². The van der Waals surface area contributed by atoms with Crippen LogP contribution in [0, 0.1) is 17.0 Å². The molecule has 6 nitrogen and oxygen atoms in total. The number of aromatic nitrogens is 1. The Morgan fingerprint density at radius 2 is 2.25 bits per heavy atom. The van der Waals surface area contributed by atoms with Crippen LogP contribution < -0.4 is 5.32 Å². The summed E-state index contributed by atoms with van der Waals surface area (Å²) >= 11 is 2.66. The summed E-state index contributed by atoms with van der Waals surface area (Å²) in [4.78, 5) is 26.9. The van der Waals surface area contributed by atoms with Crippen LogP contribution in [-0.4, -0.2) is 22.9 Å². The molecule has 0 fully saturated rings. The predicted octanol–water partition coefficient (Wildman–Crippen LogP) is 2.87. The number of nitro benzene ring substituents is 1. The van der Waals surface area contributed by atoms with Crippen molar-refractivity contribution in [1.29, 1.82) is 0 Å². The van der Waals surface area contributed by atoms with E-state index in [1.165, 1.54) is 36.2 Å². The molecule has 0 aliphatic rings. The average Bonchev–Trinajstić information content (AvgIpc) is 2.83. The molecule has 20 heavy (non-hydrogen) atoms. The summed E-state index contributed by atoms with van der Waals surface area (Å²) in [6.45, 7) is 1.86. The maximum Gasteiger partial charge on any atom is 0.284 e. The first-order valence-corrected chi connectivity index (χ1v) is 7.31. The van der Waals surface area contributed by atoms with Crippen LogP contribution >= 0.6 is 23.1 Å². The van der Waals surface area contributed by atoms with E-state index >= 15 is 0 Å². The quantitative estimate of drug-likeness (QED) is 0.693. The lowest BCUT2D eigenvalue weighted by Crippen LogP contribution is -2.17. The van der Waals surface area contributed by atoms with Crippen molar-refractivity contribution in [3.05, 3.63) is 45.0 Å². The van der Waals surface area contributed by atoms with E-state index in [1.807, 2.05) is 12.3 Å². The van der Waals surface area contributed by atoms with Crippen LogP contribution in [0.25, 0.3) is 0 Å². The molecule has 0 aliphatic heterocycles. The molecule has 0 aliphatic carbocycles. The van der Waals surface area contributed by atoms with Gasteiger partial charge in [-0.15, -0.1) is 11.3 Å². The van der Waals surface area contributed by atoms with Gasteiger partial charge < -0.3 is 5.32 Å². The third-order valence-corrected chi connectivity index (χ3v) is 4.56. The molecule has 0 unspecified atom stereocenters. The highest BCUT2D eigenvalue weighted by atomic mass is 32.2. The molecule has 0 bridgehead atoms. The summed E-state index contributed by atoms with van der Waals surface area (Å²) in [5.41, 5.74) is 1.05. The number of benzene rings is 1. The standard InChI is InChI=1S/C12H11N3O3S2/c1-7-6-19-12(14-7)20-10-4-3-8(11(16)13-2)5-9(10)15(17)18/h3-6H,1-2H3,(H,13,16). The molecule has 1 aromatic heterocycles. The second-order valence-electron chi connectivity index (χ2n) is 3.88. The minimum Gasteiger partial charge on any atom is -0.355 e. The fraction of sp³-hybridized carbons (Fsp3) is 0.167. The van der Waals surface area contributed by atoms with Gasteiger partial charge >= 0.3 is 0 Å². The van der Waals surface area contributed by atoms with Gasteiger partial charge in [0.05, 0.1) is 9.82 Å². The Hall–Kier alpha value is -1.93. The lowest BCUT2D eigenvalue weighted by Gasteiger charge is -2.03. The van der Waals surface area contributed by atoms with Gasteiger partial charge in [-0.05, 0) is 19.1 Å². The van der Waals surface area contributed by atoms with Gasteiger partial charge in [0, 0.05) is 29.8 Å². The van der Waals surface area contributed by atoms with Crippen molar-refractivity contribution in [2.24, 2.45) is 0 Å². The minimum atomic E-state index is -0.491. The summed E-state index contributed by atoms with van der Waals surface area (Å²) in [7, 11) is 1.48. The van der Waals surface area contributed by atoms with Gasteiger partial charge in [0.1, 0.15) is 0 Å². The first-order valence-electron chi connectivity index (χ1n) is 5.61. The van der Waals surface area contributed by atoms with E-state index in [-0.39, 0.29) is 17.2 Å². The van der Waals surface area contributed by atoms with E-state index in [0.717, 1.165) is 10.0 Å². The maximum absolute atomic E-state index is 11.5. The molecule has 0 saturated carbocycles. The number of aryl methyl sites for hydroxylation is 1. The Morgan fingerprint density at radius 1 is 1.50 bits per heavy atom. The summed E-state index contributed by atoms with van der Waals surface area (Å²) in [6.07, 6.45) is 0. The Kier molecular flexibility index (Phi) is 4.35. The fourth-order valence-corrected chi connectivity index (χ4v) is 3.38. The largest absolute Gasteiger partial charge is 0.355 e. The number of thiazole rings is 1. The number of hydrogen-bond donors (Lipinski definition) is 1. The number of hydrogen-bond acceptors (Lipinski definition) is 6. The van der Waals surface area contributed by atoms with Crippen LogP contribution in [0.2, 0.25) is 0 Å². The third-order valence-electron chi connectivity index (χ3n) is 2.44.